The fourth-order valence-corrected chi connectivity index (χ4v) is 1.90. The number of halogens is 1. The molecule has 17 heavy (non-hydrogen) atoms. The quantitative estimate of drug-likeness (QED) is 0.686. The molecule has 0 unspecified atom stereocenters. The van der Waals surface area contributed by atoms with Crippen molar-refractivity contribution in [1.29, 1.82) is 0 Å². The maximum atomic E-state index is 12.3. The van der Waals surface area contributed by atoms with Gasteiger partial charge in [0.2, 0.25) is 0 Å². The van der Waals surface area contributed by atoms with E-state index in [2.05, 4.69) is 22.5 Å². The van der Waals surface area contributed by atoms with Crippen LogP contribution in [0.2, 0.25) is 0 Å². The van der Waals surface area contributed by atoms with Gasteiger partial charge in [-0.25, -0.2) is 0 Å². The number of carbonyl (C=O) groups excluding carboxylic acids is 1. The molecule has 0 radical (unpaired) electrons. The van der Waals surface area contributed by atoms with Crippen molar-refractivity contribution in [3.63, 3.8) is 0 Å². The Bertz CT molecular complexity index is 443. The predicted octanol–water partition coefficient (Wildman–Crippen LogP) is 3.07. The van der Waals surface area contributed by atoms with E-state index in [0.717, 1.165) is 10.0 Å². The Hall–Kier alpha value is -1.29. The summed E-state index contributed by atoms with van der Waals surface area (Å²) in [5.74, 6) is -0.0608. The van der Waals surface area contributed by atoms with Crippen LogP contribution in [-0.4, -0.2) is 23.9 Å². The first-order valence-electron chi connectivity index (χ1n) is 5.44. The lowest BCUT2D eigenvalue weighted by molar-refractivity contribution is 0.0779. The molecule has 0 saturated heterocycles. The predicted molar refractivity (Wildman–Crippen MR) is 74.9 cm³/mol. The van der Waals surface area contributed by atoms with Crippen molar-refractivity contribution in [2.24, 2.45) is 0 Å². The summed E-state index contributed by atoms with van der Waals surface area (Å²) >= 11 is 3.34. The highest BCUT2D eigenvalue weighted by molar-refractivity contribution is 9.10. The van der Waals surface area contributed by atoms with E-state index in [1.807, 2.05) is 19.9 Å². The molecule has 4 heteroatoms. The third-order valence-corrected chi connectivity index (χ3v) is 2.87. The summed E-state index contributed by atoms with van der Waals surface area (Å²) in [5, 5.41) is 0. The van der Waals surface area contributed by atoms with Crippen LogP contribution in [-0.2, 0) is 0 Å². The van der Waals surface area contributed by atoms with E-state index in [-0.39, 0.29) is 5.91 Å². The van der Waals surface area contributed by atoms with Crippen molar-refractivity contribution in [2.75, 3.05) is 18.8 Å². The summed E-state index contributed by atoms with van der Waals surface area (Å²) in [6.07, 6.45) is 0. The molecule has 0 heterocycles. The number of rotatable bonds is 4. The molecule has 1 rings (SSSR count). The van der Waals surface area contributed by atoms with Crippen molar-refractivity contribution in [3.05, 3.63) is 40.4 Å². The smallest absolute Gasteiger partial charge is 0.256 e. The Morgan fingerprint density at radius 1 is 1.53 bits per heavy atom. The van der Waals surface area contributed by atoms with Crippen molar-refractivity contribution in [2.45, 2.75) is 13.8 Å². The van der Waals surface area contributed by atoms with E-state index < -0.39 is 0 Å². The lowest BCUT2D eigenvalue weighted by Crippen LogP contribution is -2.32. The fraction of sp³-hybridized carbons (Fsp3) is 0.308. The van der Waals surface area contributed by atoms with Gasteiger partial charge in [0.25, 0.3) is 5.91 Å². The molecule has 0 spiro atoms. The van der Waals surface area contributed by atoms with Crippen molar-refractivity contribution < 1.29 is 4.79 Å². The highest BCUT2D eigenvalue weighted by Gasteiger charge is 2.16. The van der Waals surface area contributed by atoms with E-state index >= 15 is 0 Å². The van der Waals surface area contributed by atoms with Gasteiger partial charge in [-0.1, -0.05) is 28.1 Å². The van der Waals surface area contributed by atoms with Crippen molar-refractivity contribution in [1.82, 2.24) is 4.90 Å². The van der Waals surface area contributed by atoms with Crippen LogP contribution in [0.5, 0.6) is 0 Å². The van der Waals surface area contributed by atoms with Gasteiger partial charge in [-0.3, -0.25) is 4.79 Å². The molecule has 0 bridgehead atoms. The molecule has 0 saturated carbocycles. The Morgan fingerprint density at radius 2 is 2.18 bits per heavy atom. The SMILES string of the molecule is C=C(C)CN(CC)C(=O)c1cc(Br)ccc1N. The molecule has 0 fully saturated rings. The molecule has 0 aliphatic rings. The van der Waals surface area contributed by atoms with Gasteiger partial charge in [0.15, 0.2) is 0 Å². The molecule has 1 aromatic rings. The Kier molecular flexibility index (Phi) is 4.75. The number of nitrogen functional groups attached to an aromatic ring is 1. The zero-order valence-electron chi connectivity index (χ0n) is 10.2. The minimum Gasteiger partial charge on any atom is -0.398 e. The Balaban J connectivity index is 3.01. The highest BCUT2D eigenvalue weighted by atomic mass is 79.9. The number of hydrogen-bond donors (Lipinski definition) is 1. The second kappa shape index (κ2) is 5.87. The minimum absolute atomic E-state index is 0.0608. The first-order valence-corrected chi connectivity index (χ1v) is 6.23. The number of nitrogens with zero attached hydrogens (tertiary/aromatic N) is 1. The summed E-state index contributed by atoms with van der Waals surface area (Å²) in [7, 11) is 0. The van der Waals surface area contributed by atoms with E-state index in [1.54, 1.807) is 17.0 Å². The lowest BCUT2D eigenvalue weighted by atomic mass is 10.1. The molecular weight excluding hydrogens is 280 g/mol. The van der Waals surface area contributed by atoms with Crippen molar-refractivity contribution >= 4 is 27.5 Å². The molecule has 1 amide bonds. The van der Waals surface area contributed by atoms with Gasteiger partial charge >= 0.3 is 0 Å². The van der Waals surface area contributed by atoms with Gasteiger partial charge in [0, 0.05) is 23.2 Å². The normalized spacial score (nSPS) is 10.1. The maximum absolute atomic E-state index is 12.3. The summed E-state index contributed by atoms with van der Waals surface area (Å²) < 4.78 is 0.849. The molecule has 0 atom stereocenters. The van der Waals surface area contributed by atoms with Gasteiger partial charge in [0.1, 0.15) is 0 Å². The highest BCUT2D eigenvalue weighted by Crippen LogP contribution is 2.20. The van der Waals surface area contributed by atoms with E-state index in [9.17, 15) is 4.79 Å². The Morgan fingerprint density at radius 3 is 2.71 bits per heavy atom. The van der Waals surface area contributed by atoms with Gasteiger partial charge in [-0.15, -0.1) is 0 Å². The molecule has 0 aliphatic heterocycles. The zero-order chi connectivity index (χ0) is 13.0. The summed E-state index contributed by atoms with van der Waals surface area (Å²) in [6.45, 7) is 8.86. The minimum atomic E-state index is -0.0608. The third kappa shape index (κ3) is 3.60. The van der Waals surface area contributed by atoms with Gasteiger partial charge in [0.05, 0.1) is 5.56 Å². The van der Waals surface area contributed by atoms with Crippen LogP contribution in [0, 0.1) is 0 Å². The third-order valence-electron chi connectivity index (χ3n) is 2.38. The summed E-state index contributed by atoms with van der Waals surface area (Å²) in [5.41, 5.74) is 7.80. The monoisotopic (exact) mass is 296 g/mol. The number of hydrogen-bond acceptors (Lipinski definition) is 2. The summed E-state index contributed by atoms with van der Waals surface area (Å²) in [6, 6.07) is 5.30. The standard InChI is InChI=1S/C13H17BrN2O/c1-4-16(8-9(2)3)13(17)11-7-10(14)5-6-12(11)15/h5-7H,2,4,8,15H2,1,3H3. The molecule has 3 nitrogen and oxygen atoms in total. The van der Waals surface area contributed by atoms with Crippen molar-refractivity contribution in [3.8, 4) is 0 Å². The van der Waals surface area contributed by atoms with Crippen LogP contribution in [0.1, 0.15) is 24.2 Å². The average Bonchev–Trinajstić information content (AvgIpc) is 2.28. The van der Waals surface area contributed by atoms with E-state index in [0.29, 0.717) is 24.3 Å². The number of amides is 1. The topological polar surface area (TPSA) is 46.3 Å². The number of anilines is 1. The van der Waals surface area contributed by atoms with Crippen LogP contribution in [0.15, 0.2) is 34.8 Å². The molecule has 0 aliphatic carbocycles. The van der Waals surface area contributed by atoms with Gasteiger partial charge < -0.3 is 10.6 Å². The number of likely N-dealkylation sites (N-methyl/N-ethyl adjacent to an activating group) is 1. The second-order valence-corrected chi connectivity index (χ2v) is 4.92. The number of benzene rings is 1. The first-order chi connectivity index (χ1) is 7.95. The first kappa shape index (κ1) is 13.8. The maximum Gasteiger partial charge on any atom is 0.256 e. The van der Waals surface area contributed by atoms with Gasteiger partial charge in [-0.05, 0) is 32.0 Å². The molecular formula is C13H17BrN2O. The molecule has 0 aromatic heterocycles. The fourth-order valence-electron chi connectivity index (χ4n) is 1.54. The van der Waals surface area contributed by atoms with E-state index in [1.165, 1.54) is 0 Å². The van der Waals surface area contributed by atoms with E-state index in [4.69, 9.17) is 5.73 Å². The zero-order valence-corrected chi connectivity index (χ0v) is 11.8. The van der Waals surface area contributed by atoms with Crippen LogP contribution >= 0.6 is 15.9 Å². The largest absolute Gasteiger partial charge is 0.398 e. The molecule has 92 valence electrons. The van der Waals surface area contributed by atoms with Crippen LogP contribution < -0.4 is 5.73 Å². The summed E-state index contributed by atoms with van der Waals surface area (Å²) in [4.78, 5) is 14.0. The van der Waals surface area contributed by atoms with Crippen LogP contribution in [0.25, 0.3) is 0 Å². The Labute approximate surface area is 110 Å². The van der Waals surface area contributed by atoms with Crippen LogP contribution in [0.4, 0.5) is 5.69 Å². The average molecular weight is 297 g/mol. The second-order valence-electron chi connectivity index (χ2n) is 4.01. The van der Waals surface area contributed by atoms with Crippen LogP contribution in [0.3, 0.4) is 0 Å². The lowest BCUT2D eigenvalue weighted by Gasteiger charge is -2.21. The molecule has 2 N–H and O–H groups in total. The number of nitrogens with two attached hydrogens (primary N) is 1. The van der Waals surface area contributed by atoms with Gasteiger partial charge in [-0.2, -0.15) is 0 Å². The number of carbonyl (C=O) groups is 1. The molecule has 1 aromatic carbocycles.